The lowest BCUT2D eigenvalue weighted by molar-refractivity contribution is 0.345. The Morgan fingerprint density at radius 1 is 1.14 bits per heavy atom. The number of hydrogen-bond acceptors (Lipinski definition) is 5. The van der Waals surface area contributed by atoms with Crippen molar-refractivity contribution >= 4 is 21.6 Å². The van der Waals surface area contributed by atoms with E-state index in [1.165, 1.54) is 16.4 Å². The topological polar surface area (TPSA) is 72.6 Å². The highest BCUT2D eigenvalue weighted by Crippen LogP contribution is 2.30. The van der Waals surface area contributed by atoms with Gasteiger partial charge in [-0.1, -0.05) is 42.7 Å². The van der Waals surface area contributed by atoms with E-state index >= 15 is 0 Å². The molecule has 3 aromatic rings. The average molecular weight is 435 g/mol. The molecule has 0 unspecified atom stereocenters. The van der Waals surface area contributed by atoms with Gasteiger partial charge in [0.25, 0.3) is 0 Å². The third-order valence-corrected chi connectivity index (χ3v) is 6.37. The fourth-order valence-corrected chi connectivity index (χ4v) is 4.65. The maximum absolute atomic E-state index is 13.2. The second-order valence-electron chi connectivity index (χ2n) is 7.03. The van der Waals surface area contributed by atoms with Crippen molar-refractivity contribution in [1.29, 1.82) is 0 Å². The van der Waals surface area contributed by atoms with Crippen molar-refractivity contribution in [2.24, 2.45) is 5.92 Å². The number of rotatable bonds is 8. The van der Waals surface area contributed by atoms with Gasteiger partial charge in [0.05, 0.1) is 29.8 Å². The van der Waals surface area contributed by atoms with Crippen LogP contribution in [0.2, 0.25) is 5.02 Å². The normalized spacial score (nSPS) is 11.9. The van der Waals surface area contributed by atoms with Gasteiger partial charge in [0.1, 0.15) is 5.75 Å². The van der Waals surface area contributed by atoms with Gasteiger partial charge >= 0.3 is 0 Å². The maximum Gasteiger partial charge on any atom is 0.243 e. The smallest absolute Gasteiger partial charge is 0.243 e. The van der Waals surface area contributed by atoms with E-state index in [9.17, 15) is 8.42 Å². The Bertz CT molecular complexity index is 1060. The number of hydrogen-bond donors (Lipinski definition) is 0. The number of methoxy groups -OCH3 is 1. The van der Waals surface area contributed by atoms with E-state index in [2.05, 4.69) is 5.16 Å². The Balaban J connectivity index is 1.90. The molecule has 0 N–H and O–H groups in total. The van der Waals surface area contributed by atoms with Crippen LogP contribution in [0.25, 0.3) is 11.3 Å². The van der Waals surface area contributed by atoms with E-state index in [1.807, 2.05) is 38.1 Å². The standard InChI is InChI=1S/C21H23ClN2O4S/c1-15(2)13-24(29(25,26)18-10-8-16(22)9-11-18)14-17-12-21(28-23-17)19-6-4-5-7-20(19)27-3/h4-12,15H,13-14H2,1-3H3. The summed E-state index contributed by atoms with van der Waals surface area (Å²) in [6.45, 7) is 4.38. The molecule has 29 heavy (non-hydrogen) atoms. The van der Waals surface area contributed by atoms with Crippen LogP contribution in [-0.2, 0) is 16.6 Å². The number of benzene rings is 2. The molecule has 0 amide bonds. The Morgan fingerprint density at radius 3 is 2.48 bits per heavy atom. The quantitative estimate of drug-likeness (QED) is 0.506. The lowest BCUT2D eigenvalue weighted by atomic mass is 10.1. The summed E-state index contributed by atoms with van der Waals surface area (Å²) < 4.78 is 38.6. The molecule has 2 aromatic carbocycles. The van der Waals surface area contributed by atoms with Crippen LogP contribution in [0.1, 0.15) is 19.5 Å². The SMILES string of the molecule is COc1ccccc1-c1cc(CN(CC(C)C)S(=O)(=O)c2ccc(Cl)cc2)no1. The van der Waals surface area contributed by atoms with Crippen molar-refractivity contribution in [3.63, 3.8) is 0 Å². The zero-order chi connectivity index (χ0) is 21.0. The maximum atomic E-state index is 13.2. The molecule has 0 saturated carbocycles. The molecule has 0 atom stereocenters. The van der Waals surface area contributed by atoms with Crippen LogP contribution in [0.3, 0.4) is 0 Å². The summed E-state index contributed by atoms with van der Waals surface area (Å²) in [6, 6.07) is 15.3. The fourth-order valence-electron chi connectivity index (χ4n) is 2.95. The van der Waals surface area contributed by atoms with Gasteiger partial charge in [-0.05, 0) is 42.3 Å². The molecule has 0 aliphatic rings. The summed E-state index contributed by atoms with van der Waals surface area (Å²) in [6.07, 6.45) is 0. The van der Waals surface area contributed by atoms with Gasteiger partial charge in [-0.2, -0.15) is 4.31 Å². The van der Waals surface area contributed by atoms with Crippen molar-refractivity contribution in [3.05, 3.63) is 65.3 Å². The Morgan fingerprint density at radius 2 is 1.83 bits per heavy atom. The van der Waals surface area contributed by atoms with Gasteiger partial charge in [0.15, 0.2) is 5.76 Å². The summed E-state index contributed by atoms with van der Waals surface area (Å²) >= 11 is 5.90. The van der Waals surface area contributed by atoms with Crippen molar-refractivity contribution in [1.82, 2.24) is 9.46 Å². The summed E-state index contributed by atoms with van der Waals surface area (Å²) in [7, 11) is -2.13. The summed E-state index contributed by atoms with van der Waals surface area (Å²) in [5.74, 6) is 1.31. The number of halogens is 1. The van der Waals surface area contributed by atoms with E-state index in [-0.39, 0.29) is 17.4 Å². The molecular formula is C21H23ClN2O4S. The Kier molecular flexibility index (Phi) is 6.62. The van der Waals surface area contributed by atoms with Crippen LogP contribution in [0.4, 0.5) is 0 Å². The van der Waals surface area contributed by atoms with Crippen LogP contribution in [-0.4, -0.2) is 31.5 Å². The first-order valence-corrected chi connectivity index (χ1v) is 11.0. The van der Waals surface area contributed by atoms with Gasteiger partial charge < -0.3 is 9.26 Å². The van der Waals surface area contributed by atoms with Gasteiger partial charge in [0.2, 0.25) is 10.0 Å². The molecule has 6 nitrogen and oxygen atoms in total. The van der Waals surface area contributed by atoms with Crippen LogP contribution < -0.4 is 4.74 Å². The van der Waals surface area contributed by atoms with E-state index in [4.69, 9.17) is 20.9 Å². The minimum atomic E-state index is -3.71. The molecule has 154 valence electrons. The monoisotopic (exact) mass is 434 g/mol. The molecule has 1 aromatic heterocycles. The highest BCUT2D eigenvalue weighted by molar-refractivity contribution is 7.89. The van der Waals surface area contributed by atoms with Crippen molar-refractivity contribution in [3.8, 4) is 17.1 Å². The van der Waals surface area contributed by atoms with E-state index in [0.717, 1.165) is 5.56 Å². The molecule has 1 heterocycles. The molecule has 0 aliphatic carbocycles. The summed E-state index contributed by atoms with van der Waals surface area (Å²) in [4.78, 5) is 0.191. The molecular weight excluding hydrogens is 412 g/mol. The van der Waals surface area contributed by atoms with Gasteiger partial charge in [0, 0.05) is 17.6 Å². The summed E-state index contributed by atoms with van der Waals surface area (Å²) in [5, 5.41) is 4.56. The van der Waals surface area contributed by atoms with Crippen molar-refractivity contribution < 1.29 is 17.7 Å². The molecule has 0 saturated heterocycles. The molecule has 3 rings (SSSR count). The summed E-state index contributed by atoms with van der Waals surface area (Å²) in [5.41, 5.74) is 1.27. The Hall–Kier alpha value is -2.35. The number of nitrogens with zero attached hydrogens (tertiary/aromatic N) is 2. The third kappa shape index (κ3) is 4.98. The van der Waals surface area contributed by atoms with Gasteiger partial charge in [-0.15, -0.1) is 0 Å². The fraction of sp³-hybridized carbons (Fsp3) is 0.286. The second kappa shape index (κ2) is 8.98. The average Bonchev–Trinajstić information content (AvgIpc) is 3.16. The third-order valence-electron chi connectivity index (χ3n) is 4.29. The molecule has 8 heteroatoms. The van der Waals surface area contributed by atoms with Crippen molar-refractivity contribution in [2.45, 2.75) is 25.3 Å². The Labute approximate surface area is 176 Å². The predicted molar refractivity (Wildman–Crippen MR) is 112 cm³/mol. The molecule has 0 radical (unpaired) electrons. The van der Waals surface area contributed by atoms with Crippen LogP contribution >= 0.6 is 11.6 Å². The largest absolute Gasteiger partial charge is 0.496 e. The first kappa shape index (κ1) is 21.4. The van der Waals surface area contributed by atoms with Gasteiger partial charge in [-0.3, -0.25) is 0 Å². The number of ether oxygens (including phenoxy) is 1. The zero-order valence-corrected chi connectivity index (χ0v) is 18.1. The lowest BCUT2D eigenvalue weighted by Crippen LogP contribution is -2.33. The van der Waals surface area contributed by atoms with Gasteiger partial charge in [-0.25, -0.2) is 8.42 Å². The first-order chi connectivity index (χ1) is 13.8. The molecule has 0 bridgehead atoms. The predicted octanol–water partition coefficient (Wildman–Crippen LogP) is 4.85. The highest BCUT2D eigenvalue weighted by Gasteiger charge is 2.27. The molecule has 0 aliphatic heterocycles. The van der Waals surface area contributed by atoms with Crippen LogP contribution in [0.5, 0.6) is 5.75 Å². The van der Waals surface area contributed by atoms with Crippen LogP contribution in [0.15, 0.2) is 64.0 Å². The highest BCUT2D eigenvalue weighted by atomic mass is 35.5. The van der Waals surface area contributed by atoms with E-state index < -0.39 is 10.0 Å². The minimum absolute atomic E-state index is 0.0990. The van der Waals surface area contributed by atoms with Crippen LogP contribution in [0, 0.1) is 5.92 Å². The zero-order valence-electron chi connectivity index (χ0n) is 16.5. The number of aromatic nitrogens is 1. The first-order valence-electron chi connectivity index (χ1n) is 9.16. The molecule has 0 fully saturated rings. The van der Waals surface area contributed by atoms with E-state index in [0.29, 0.717) is 28.8 Å². The lowest BCUT2D eigenvalue weighted by Gasteiger charge is -2.23. The van der Waals surface area contributed by atoms with E-state index in [1.54, 1.807) is 25.3 Å². The minimum Gasteiger partial charge on any atom is -0.496 e. The van der Waals surface area contributed by atoms with Crippen molar-refractivity contribution in [2.75, 3.05) is 13.7 Å². The number of sulfonamides is 1. The second-order valence-corrected chi connectivity index (χ2v) is 9.40. The number of para-hydroxylation sites is 1. The molecule has 0 spiro atoms.